The number of hydrogen-bond acceptors (Lipinski definition) is 2. The summed E-state index contributed by atoms with van der Waals surface area (Å²) in [5, 5.41) is 2.79. The first-order chi connectivity index (χ1) is 8.97. The number of hydrogen-bond donors (Lipinski definition) is 1. The number of carbonyl (C=O) groups is 1. The van der Waals surface area contributed by atoms with Crippen molar-refractivity contribution in [3.05, 3.63) is 55.9 Å². The number of rotatable bonds is 2. The molecule has 1 amide bonds. The lowest BCUT2D eigenvalue weighted by molar-refractivity contribution is 0.102. The molecule has 0 aliphatic carbocycles. The minimum absolute atomic E-state index is 0.178. The zero-order valence-corrected chi connectivity index (χ0v) is 13.2. The van der Waals surface area contributed by atoms with E-state index in [-0.39, 0.29) is 9.63 Å². The van der Waals surface area contributed by atoms with Crippen molar-refractivity contribution in [1.29, 1.82) is 0 Å². The lowest BCUT2D eigenvalue weighted by atomic mass is 10.2. The van der Waals surface area contributed by atoms with Gasteiger partial charge in [-0.25, -0.2) is 9.37 Å². The lowest BCUT2D eigenvalue weighted by Gasteiger charge is -2.07. The second-order valence-corrected chi connectivity index (χ2v) is 5.70. The molecule has 2 rings (SSSR count). The molecule has 1 heterocycles. The molecule has 0 saturated carbocycles. The topological polar surface area (TPSA) is 42.0 Å². The first kappa shape index (κ1) is 14.4. The van der Waals surface area contributed by atoms with Gasteiger partial charge in [0.1, 0.15) is 5.82 Å². The molecule has 3 nitrogen and oxygen atoms in total. The lowest BCUT2D eigenvalue weighted by Crippen LogP contribution is -2.12. The monoisotopic (exact) mass is 406 g/mol. The summed E-state index contributed by atoms with van der Waals surface area (Å²) >= 11 is 12.1. The molecular weight excluding hydrogens is 402 g/mol. The molecule has 2 aromatic rings. The molecule has 0 saturated heterocycles. The van der Waals surface area contributed by atoms with Crippen molar-refractivity contribution in [2.75, 3.05) is 5.32 Å². The number of benzene rings is 1. The molecule has 0 bridgehead atoms. The van der Waals surface area contributed by atoms with Crippen molar-refractivity contribution in [1.82, 2.24) is 4.98 Å². The second-order valence-electron chi connectivity index (χ2n) is 3.57. The smallest absolute Gasteiger partial charge is 0.255 e. The van der Waals surface area contributed by atoms with Crippen LogP contribution in [0, 0.1) is 5.82 Å². The number of halogens is 4. The maximum Gasteiger partial charge on any atom is 0.255 e. The maximum atomic E-state index is 13.1. The molecule has 0 fully saturated rings. The van der Waals surface area contributed by atoms with Gasteiger partial charge >= 0.3 is 0 Å². The Kier molecular flexibility index (Phi) is 4.54. The van der Waals surface area contributed by atoms with E-state index >= 15 is 0 Å². The minimum atomic E-state index is -0.432. The zero-order valence-electron chi connectivity index (χ0n) is 9.25. The Morgan fingerprint density at radius 3 is 2.74 bits per heavy atom. The van der Waals surface area contributed by atoms with Gasteiger partial charge < -0.3 is 5.32 Å². The van der Waals surface area contributed by atoms with Crippen LogP contribution in [0.4, 0.5) is 10.1 Å². The summed E-state index contributed by atoms with van der Waals surface area (Å²) in [7, 11) is 0. The van der Waals surface area contributed by atoms with Crippen molar-refractivity contribution in [3.63, 3.8) is 0 Å². The average molecular weight is 408 g/mol. The molecule has 98 valence electrons. The van der Waals surface area contributed by atoms with Crippen LogP contribution in [0.1, 0.15) is 10.4 Å². The predicted octanol–water partition coefficient (Wildman–Crippen LogP) is 4.65. The highest BCUT2D eigenvalue weighted by Gasteiger charge is 2.11. The molecule has 0 aliphatic heterocycles. The largest absolute Gasteiger partial charge is 0.319 e. The van der Waals surface area contributed by atoms with E-state index in [1.165, 1.54) is 24.4 Å². The van der Waals surface area contributed by atoms with Crippen LogP contribution in [-0.2, 0) is 0 Å². The van der Waals surface area contributed by atoms with Gasteiger partial charge in [-0.3, -0.25) is 4.79 Å². The Morgan fingerprint density at radius 2 is 2.05 bits per heavy atom. The SMILES string of the molecule is O=C(Nc1cc(Br)cnc1Cl)c1ccc(F)c(Br)c1. The van der Waals surface area contributed by atoms with Gasteiger partial charge in [0, 0.05) is 16.2 Å². The molecule has 1 aromatic carbocycles. The Labute approximate surface area is 130 Å². The standard InChI is InChI=1S/C12H6Br2ClFN2O/c13-7-4-10(11(15)17-5-7)18-12(19)6-1-2-9(16)8(14)3-6/h1-5H,(H,18,19). The zero-order chi connectivity index (χ0) is 14.0. The third kappa shape index (κ3) is 3.52. The van der Waals surface area contributed by atoms with Crippen molar-refractivity contribution in [2.24, 2.45) is 0 Å². The number of aromatic nitrogens is 1. The minimum Gasteiger partial charge on any atom is -0.319 e. The molecule has 1 N–H and O–H groups in total. The van der Waals surface area contributed by atoms with E-state index in [0.717, 1.165) is 0 Å². The average Bonchev–Trinajstić information content (AvgIpc) is 2.37. The van der Waals surface area contributed by atoms with E-state index in [0.29, 0.717) is 15.7 Å². The molecule has 0 atom stereocenters. The molecule has 7 heteroatoms. The van der Waals surface area contributed by atoms with E-state index in [2.05, 4.69) is 42.2 Å². The van der Waals surface area contributed by atoms with Crippen LogP contribution in [0.5, 0.6) is 0 Å². The summed E-state index contributed by atoms with van der Waals surface area (Å²) in [4.78, 5) is 15.9. The van der Waals surface area contributed by atoms with E-state index < -0.39 is 11.7 Å². The fourth-order valence-corrected chi connectivity index (χ4v) is 2.20. The van der Waals surface area contributed by atoms with E-state index in [1.807, 2.05) is 0 Å². The van der Waals surface area contributed by atoms with Gasteiger partial charge in [-0.1, -0.05) is 11.6 Å². The van der Waals surface area contributed by atoms with Crippen LogP contribution < -0.4 is 5.32 Å². The van der Waals surface area contributed by atoms with Crippen molar-refractivity contribution >= 4 is 55.1 Å². The Bertz CT molecular complexity index is 652. The highest BCUT2D eigenvalue weighted by atomic mass is 79.9. The van der Waals surface area contributed by atoms with Crippen molar-refractivity contribution in [3.8, 4) is 0 Å². The Hall–Kier alpha value is -0.980. The summed E-state index contributed by atoms with van der Waals surface area (Å²) < 4.78 is 14.0. The van der Waals surface area contributed by atoms with E-state index in [4.69, 9.17) is 11.6 Å². The highest BCUT2D eigenvalue weighted by Crippen LogP contribution is 2.24. The molecule has 1 aromatic heterocycles. The number of amides is 1. The fraction of sp³-hybridized carbons (Fsp3) is 0. The van der Waals surface area contributed by atoms with Crippen LogP contribution in [0.3, 0.4) is 0 Å². The first-order valence-electron chi connectivity index (χ1n) is 5.05. The molecular formula is C12H6Br2ClFN2O. The third-order valence-corrected chi connectivity index (χ3v) is 3.58. The first-order valence-corrected chi connectivity index (χ1v) is 7.01. The molecule has 0 spiro atoms. The summed E-state index contributed by atoms with van der Waals surface area (Å²) in [6, 6.07) is 5.62. The Balaban J connectivity index is 2.25. The van der Waals surface area contributed by atoms with Gasteiger partial charge in [0.25, 0.3) is 5.91 Å². The molecule has 0 radical (unpaired) electrons. The maximum absolute atomic E-state index is 13.1. The van der Waals surface area contributed by atoms with E-state index in [1.54, 1.807) is 6.07 Å². The van der Waals surface area contributed by atoms with Crippen LogP contribution in [0.25, 0.3) is 0 Å². The quantitative estimate of drug-likeness (QED) is 0.735. The molecule has 19 heavy (non-hydrogen) atoms. The second kappa shape index (κ2) is 5.98. The van der Waals surface area contributed by atoms with Gasteiger partial charge in [-0.2, -0.15) is 0 Å². The van der Waals surface area contributed by atoms with Gasteiger partial charge in [-0.05, 0) is 56.1 Å². The van der Waals surface area contributed by atoms with Crippen LogP contribution >= 0.6 is 43.5 Å². The number of nitrogens with one attached hydrogen (secondary N) is 1. The number of anilines is 1. The van der Waals surface area contributed by atoms with Gasteiger partial charge in [0.2, 0.25) is 0 Å². The highest BCUT2D eigenvalue weighted by molar-refractivity contribution is 9.10. The molecule has 0 unspecified atom stereocenters. The summed E-state index contributed by atoms with van der Waals surface area (Å²) in [6.45, 7) is 0. The van der Waals surface area contributed by atoms with Gasteiger partial charge in [-0.15, -0.1) is 0 Å². The van der Waals surface area contributed by atoms with Crippen LogP contribution in [-0.4, -0.2) is 10.9 Å². The summed E-state index contributed by atoms with van der Waals surface area (Å²) in [5.41, 5.74) is 0.686. The third-order valence-electron chi connectivity index (χ3n) is 2.24. The normalized spacial score (nSPS) is 10.3. The number of pyridine rings is 1. The predicted molar refractivity (Wildman–Crippen MR) is 79.0 cm³/mol. The number of nitrogens with zero attached hydrogens (tertiary/aromatic N) is 1. The van der Waals surface area contributed by atoms with Gasteiger partial charge in [0.15, 0.2) is 5.15 Å². The van der Waals surface area contributed by atoms with Crippen molar-refractivity contribution < 1.29 is 9.18 Å². The van der Waals surface area contributed by atoms with E-state index in [9.17, 15) is 9.18 Å². The fourth-order valence-electron chi connectivity index (χ4n) is 1.34. The molecule has 0 aliphatic rings. The summed E-state index contributed by atoms with van der Waals surface area (Å²) in [5.74, 6) is -0.832. The van der Waals surface area contributed by atoms with Crippen molar-refractivity contribution in [2.45, 2.75) is 0 Å². The van der Waals surface area contributed by atoms with Crippen LogP contribution in [0.2, 0.25) is 5.15 Å². The van der Waals surface area contributed by atoms with Gasteiger partial charge in [0.05, 0.1) is 10.2 Å². The number of carbonyl (C=O) groups excluding carboxylic acids is 1. The Morgan fingerprint density at radius 1 is 1.32 bits per heavy atom. The van der Waals surface area contributed by atoms with Crippen LogP contribution in [0.15, 0.2) is 39.4 Å². The summed E-state index contributed by atoms with van der Waals surface area (Å²) in [6.07, 6.45) is 1.52.